The van der Waals surface area contributed by atoms with Gasteiger partial charge >= 0.3 is 0 Å². The summed E-state index contributed by atoms with van der Waals surface area (Å²) in [5, 5.41) is 14.9. The van der Waals surface area contributed by atoms with E-state index in [1.165, 1.54) is 0 Å². The van der Waals surface area contributed by atoms with Crippen LogP contribution in [0.3, 0.4) is 0 Å². The molecular formula is C25H31N5O3. The van der Waals surface area contributed by atoms with Crippen molar-refractivity contribution in [3.05, 3.63) is 47.3 Å². The van der Waals surface area contributed by atoms with Crippen LogP contribution in [0.2, 0.25) is 0 Å². The first-order valence-corrected chi connectivity index (χ1v) is 11.8. The second-order valence-corrected chi connectivity index (χ2v) is 8.86. The maximum absolute atomic E-state index is 11.5. The number of aromatic nitrogens is 1. The standard InChI is InChI=1S/C25H31N5O3/c26-25(22-16-29(17-31)7-4-23(22)28-19-5-10-32-11-6-19)20-3-1-2-18-14-24(27-15-21(18)20)30-8-12-33-13-9-30/h1-3,14-15,17,19,26,28H,4-13,16H2. The average Bonchev–Trinajstić information content (AvgIpc) is 2.89. The van der Waals surface area contributed by atoms with Crippen LogP contribution in [0.4, 0.5) is 5.82 Å². The van der Waals surface area contributed by atoms with Crippen molar-refractivity contribution in [1.82, 2.24) is 15.2 Å². The number of benzene rings is 1. The molecule has 0 saturated carbocycles. The highest BCUT2D eigenvalue weighted by Crippen LogP contribution is 2.27. The fourth-order valence-corrected chi connectivity index (χ4v) is 4.86. The third kappa shape index (κ3) is 4.72. The number of hydrogen-bond donors (Lipinski definition) is 2. The number of carbonyl (C=O) groups is 1. The Kier molecular flexibility index (Phi) is 6.55. The average molecular weight is 450 g/mol. The molecule has 0 atom stereocenters. The van der Waals surface area contributed by atoms with E-state index >= 15 is 0 Å². The van der Waals surface area contributed by atoms with Gasteiger partial charge in [-0.25, -0.2) is 4.98 Å². The fraction of sp³-hybridized carbons (Fsp3) is 0.480. The first kappa shape index (κ1) is 21.9. The van der Waals surface area contributed by atoms with Crippen molar-refractivity contribution in [2.45, 2.75) is 25.3 Å². The molecule has 8 heteroatoms. The number of morpholine rings is 1. The molecule has 2 aromatic rings. The van der Waals surface area contributed by atoms with Gasteiger partial charge in [-0.2, -0.15) is 0 Å². The number of pyridine rings is 1. The normalized spacial score (nSPS) is 20.2. The third-order valence-electron chi connectivity index (χ3n) is 6.78. The Labute approximate surface area is 194 Å². The molecule has 4 heterocycles. The Hall–Kier alpha value is -2.97. The van der Waals surface area contributed by atoms with Crippen molar-refractivity contribution in [2.24, 2.45) is 0 Å². The minimum absolute atomic E-state index is 0.351. The molecule has 3 aliphatic rings. The van der Waals surface area contributed by atoms with Crippen molar-refractivity contribution in [3.8, 4) is 0 Å². The van der Waals surface area contributed by atoms with Gasteiger partial charge in [-0.3, -0.25) is 10.2 Å². The number of amides is 1. The predicted molar refractivity (Wildman–Crippen MR) is 128 cm³/mol. The van der Waals surface area contributed by atoms with Gasteiger partial charge in [0.15, 0.2) is 0 Å². The van der Waals surface area contributed by atoms with Crippen LogP contribution < -0.4 is 10.2 Å². The second kappa shape index (κ2) is 9.89. The number of nitrogens with zero attached hydrogens (tertiary/aromatic N) is 3. The molecule has 1 aromatic heterocycles. The summed E-state index contributed by atoms with van der Waals surface area (Å²) in [5.74, 6) is 0.945. The van der Waals surface area contributed by atoms with Crippen molar-refractivity contribution in [3.63, 3.8) is 0 Å². The Balaban J connectivity index is 1.47. The molecule has 5 rings (SSSR count). The SMILES string of the molecule is N=C(C1=C(NC2CCOCC2)CCN(C=O)C1)c1cccc2cc(N3CCOCC3)ncc12. The zero-order valence-corrected chi connectivity index (χ0v) is 18.9. The summed E-state index contributed by atoms with van der Waals surface area (Å²) in [7, 11) is 0. The van der Waals surface area contributed by atoms with Gasteiger partial charge in [0.05, 0.1) is 18.9 Å². The van der Waals surface area contributed by atoms with Gasteiger partial charge in [-0.15, -0.1) is 0 Å². The van der Waals surface area contributed by atoms with Gasteiger partial charge in [0.2, 0.25) is 6.41 Å². The fourth-order valence-electron chi connectivity index (χ4n) is 4.86. The highest BCUT2D eigenvalue weighted by atomic mass is 16.5. The van der Waals surface area contributed by atoms with Crippen LogP contribution in [-0.2, 0) is 14.3 Å². The molecular weight excluding hydrogens is 418 g/mol. The molecule has 174 valence electrons. The molecule has 2 saturated heterocycles. The molecule has 0 aliphatic carbocycles. The number of nitrogens with one attached hydrogen (secondary N) is 2. The van der Waals surface area contributed by atoms with E-state index in [0.29, 0.717) is 38.1 Å². The Morgan fingerprint density at radius 1 is 1.12 bits per heavy atom. The van der Waals surface area contributed by atoms with Crippen LogP contribution in [0.15, 0.2) is 41.7 Å². The molecule has 33 heavy (non-hydrogen) atoms. The molecule has 1 aromatic carbocycles. The van der Waals surface area contributed by atoms with Crippen LogP contribution in [0, 0.1) is 5.41 Å². The van der Waals surface area contributed by atoms with Crippen LogP contribution in [0.25, 0.3) is 10.8 Å². The van der Waals surface area contributed by atoms with E-state index in [0.717, 1.165) is 85.4 Å². The quantitative estimate of drug-likeness (QED) is 0.520. The van der Waals surface area contributed by atoms with E-state index in [4.69, 9.17) is 19.9 Å². The third-order valence-corrected chi connectivity index (χ3v) is 6.78. The molecule has 0 unspecified atom stereocenters. The van der Waals surface area contributed by atoms with Crippen LogP contribution >= 0.6 is 0 Å². The molecule has 1 amide bonds. The van der Waals surface area contributed by atoms with E-state index in [1.807, 2.05) is 18.3 Å². The summed E-state index contributed by atoms with van der Waals surface area (Å²) >= 11 is 0. The predicted octanol–water partition coefficient (Wildman–Crippen LogP) is 2.32. The summed E-state index contributed by atoms with van der Waals surface area (Å²) in [5.41, 5.74) is 3.29. The minimum atomic E-state index is 0.351. The van der Waals surface area contributed by atoms with Gasteiger partial charge < -0.3 is 24.6 Å². The van der Waals surface area contributed by atoms with E-state index in [2.05, 4.69) is 22.3 Å². The van der Waals surface area contributed by atoms with E-state index in [9.17, 15) is 4.79 Å². The lowest BCUT2D eigenvalue weighted by Crippen LogP contribution is -2.41. The number of fused-ring (bicyclic) bond motifs is 1. The first-order chi connectivity index (χ1) is 16.2. The number of rotatable bonds is 6. The van der Waals surface area contributed by atoms with Gasteiger partial charge in [0.1, 0.15) is 5.82 Å². The number of carbonyl (C=O) groups excluding carboxylic acids is 1. The largest absolute Gasteiger partial charge is 0.385 e. The molecule has 8 nitrogen and oxygen atoms in total. The van der Waals surface area contributed by atoms with E-state index in [-0.39, 0.29) is 0 Å². The zero-order chi connectivity index (χ0) is 22.6. The van der Waals surface area contributed by atoms with Crippen molar-refractivity contribution < 1.29 is 14.3 Å². The number of ether oxygens (including phenoxy) is 2. The van der Waals surface area contributed by atoms with Gasteiger partial charge in [-0.05, 0) is 24.3 Å². The topological polar surface area (TPSA) is 90.8 Å². The monoisotopic (exact) mass is 449 g/mol. The van der Waals surface area contributed by atoms with Crippen LogP contribution in [-0.4, -0.2) is 80.7 Å². The van der Waals surface area contributed by atoms with Crippen molar-refractivity contribution in [1.29, 1.82) is 5.41 Å². The minimum Gasteiger partial charge on any atom is -0.385 e. The molecule has 2 fully saturated rings. The summed E-state index contributed by atoms with van der Waals surface area (Å²) in [6.45, 7) is 5.75. The molecule has 2 N–H and O–H groups in total. The summed E-state index contributed by atoms with van der Waals surface area (Å²) in [6, 6.07) is 8.52. The van der Waals surface area contributed by atoms with Crippen molar-refractivity contribution >= 4 is 28.7 Å². The maximum atomic E-state index is 11.5. The van der Waals surface area contributed by atoms with Gasteiger partial charge in [-0.1, -0.05) is 18.2 Å². The lowest BCUT2D eigenvalue weighted by Gasteiger charge is -2.33. The Morgan fingerprint density at radius 2 is 1.91 bits per heavy atom. The number of hydrogen-bond acceptors (Lipinski definition) is 7. The Bertz CT molecular complexity index is 1060. The summed E-state index contributed by atoms with van der Waals surface area (Å²) in [6.07, 6.45) is 5.43. The lowest BCUT2D eigenvalue weighted by molar-refractivity contribution is -0.117. The molecule has 0 spiro atoms. The maximum Gasteiger partial charge on any atom is 0.210 e. The molecule has 0 radical (unpaired) electrons. The second-order valence-electron chi connectivity index (χ2n) is 8.86. The van der Waals surface area contributed by atoms with Crippen LogP contribution in [0.1, 0.15) is 24.8 Å². The van der Waals surface area contributed by atoms with Gasteiger partial charge in [0.25, 0.3) is 0 Å². The molecule has 0 bridgehead atoms. The zero-order valence-electron chi connectivity index (χ0n) is 18.9. The first-order valence-electron chi connectivity index (χ1n) is 11.8. The smallest absolute Gasteiger partial charge is 0.210 e. The van der Waals surface area contributed by atoms with Gasteiger partial charge in [0, 0.05) is 80.3 Å². The summed E-state index contributed by atoms with van der Waals surface area (Å²) < 4.78 is 11.0. The summed E-state index contributed by atoms with van der Waals surface area (Å²) in [4.78, 5) is 20.2. The highest BCUT2D eigenvalue weighted by Gasteiger charge is 2.25. The molecule has 3 aliphatic heterocycles. The Morgan fingerprint density at radius 3 is 2.70 bits per heavy atom. The van der Waals surface area contributed by atoms with E-state index in [1.54, 1.807) is 4.90 Å². The highest BCUT2D eigenvalue weighted by molar-refractivity contribution is 6.18. The van der Waals surface area contributed by atoms with E-state index < -0.39 is 0 Å². The lowest BCUT2D eigenvalue weighted by atomic mass is 9.93. The van der Waals surface area contributed by atoms with Crippen LogP contribution in [0.5, 0.6) is 0 Å². The van der Waals surface area contributed by atoms with Crippen molar-refractivity contribution in [2.75, 3.05) is 57.5 Å². The number of anilines is 1.